The van der Waals surface area contributed by atoms with Gasteiger partial charge in [0.05, 0.1) is 4.90 Å². The first-order valence-electron chi connectivity index (χ1n) is 8.13. The summed E-state index contributed by atoms with van der Waals surface area (Å²) in [5.41, 5.74) is 2.87. The molecular formula is C19H23NO4S. The molecule has 0 bridgehead atoms. The van der Waals surface area contributed by atoms with Crippen molar-refractivity contribution < 1.29 is 18.3 Å². The van der Waals surface area contributed by atoms with Crippen LogP contribution in [0.3, 0.4) is 0 Å². The number of benzene rings is 2. The van der Waals surface area contributed by atoms with Crippen LogP contribution in [-0.2, 0) is 21.2 Å². The topological polar surface area (TPSA) is 83.5 Å². The number of carbonyl (C=O) groups is 1. The Balaban J connectivity index is 2.21. The van der Waals surface area contributed by atoms with Crippen LogP contribution < -0.4 is 4.72 Å². The van der Waals surface area contributed by atoms with Crippen molar-refractivity contribution in [3.05, 3.63) is 65.2 Å². The van der Waals surface area contributed by atoms with Crippen LogP contribution in [0.4, 0.5) is 0 Å². The molecule has 2 N–H and O–H groups in total. The van der Waals surface area contributed by atoms with E-state index in [0.717, 1.165) is 16.7 Å². The van der Waals surface area contributed by atoms with Crippen LogP contribution in [0, 0.1) is 13.8 Å². The fraction of sp³-hybridized carbons (Fsp3) is 0.316. The molecule has 0 aliphatic rings. The molecule has 0 saturated carbocycles. The van der Waals surface area contributed by atoms with Gasteiger partial charge in [0, 0.05) is 12.5 Å². The Labute approximate surface area is 148 Å². The Morgan fingerprint density at radius 3 is 2.36 bits per heavy atom. The Morgan fingerprint density at radius 2 is 1.76 bits per heavy atom. The number of nitrogens with one attached hydrogen (secondary N) is 1. The maximum absolute atomic E-state index is 12.7. The van der Waals surface area contributed by atoms with E-state index in [1.165, 1.54) is 0 Å². The van der Waals surface area contributed by atoms with Crippen LogP contribution in [0.1, 0.15) is 29.5 Å². The normalized spacial score (nSPS) is 12.7. The summed E-state index contributed by atoms with van der Waals surface area (Å²) < 4.78 is 28.0. The highest BCUT2D eigenvalue weighted by molar-refractivity contribution is 7.89. The van der Waals surface area contributed by atoms with Crippen LogP contribution in [0.15, 0.2) is 53.4 Å². The second-order valence-electron chi connectivity index (χ2n) is 6.19. The maximum atomic E-state index is 12.7. The lowest BCUT2D eigenvalue weighted by Gasteiger charge is -2.19. The quantitative estimate of drug-likeness (QED) is 0.757. The molecular weight excluding hydrogens is 338 g/mol. The molecule has 0 aliphatic carbocycles. The molecule has 25 heavy (non-hydrogen) atoms. The largest absolute Gasteiger partial charge is 0.481 e. The first kappa shape index (κ1) is 19.1. The zero-order valence-electron chi connectivity index (χ0n) is 14.4. The van der Waals surface area contributed by atoms with Gasteiger partial charge in [-0.15, -0.1) is 0 Å². The van der Waals surface area contributed by atoms with E-state index in [1.807, 2.05) is 44.2 Å². The van der Waals surface area contributed by atoms with Gasteiger partial charge in [-0.25, -0.2) is 13.1 Å². The predicted octanol–water partition coefficient (Wildman–Crippen LogP) is 3.06. The third-order valence-electron chi connectivity index (χ3n) is 4.14. The number of sulfonamides is 1. The van der Waals surface area contributed by atoms with Crippen LogP contribution in [-0.4, -0.2) is 25.5 Å². The molecule has 0 radical (unpaired) electrons. The molecule has 134 valence electrons. The molecule has 0 fully saturated rings. The molecule has 5 nitrogen and oxygen atoms in total. The summed E-state index contributed by atoms with van der Waals surface area (Å²) >= 11 is 0. The number of carboxylic acid groups (broad SMARTS) is 1. The van der Waals surface area contributed by atoms with Crippen LogP contribution >= 0.6 is 0 Å². The van der Waals surface area contributed by atoms with Gasteiger partial charge in [0.1, 0.15) is 0 Å². The summed E-state index contributed by atoms with van der Waals surface area (Å²) in [4.78, 5) is 11.1. The number of carboxylic acids is 1. The average Bonchev–Trinajstić information content (AvgIpc) is 2.55. The van der Waals surface area contributed by atoms with Gasteiger partial charge in [-0.05, 0) is 55.5 Å². The minimum atomic E-state index is -3.71. The van der Waals surface area contributed by atoms with Gasteiger partial charge >= 0.3 is 5.97 Å². The molecule has 2 aromatic rings. The van der Waals surface area contributed by atoms with Crippen molar-refractivity contribution in [3.63, 3.8) is 0 Å². The summed E-state index contributed by atoms with van der Waals surface area (Å²) in [6.45, 7) is 3.78. The monoisotopic (exact) mass is 361 g/mol. The van der Waals surface area contributed by atoms with Gasteiger partial charge in [0.15, 0.2) is 0 Å². The molecule has 0 spiro atoms. The van der Waals surface area contributed by atoms with Crippen LogP contribution in [0.25, 0.3) is 0 Å². The van der Waals surface area contributed by atoms with Crippen molar-refractivity contribution in [2.24, 2.45) is 0 Å². The smallest absolute Gasteiger partial charge is 0.303 e. The molecule has 1 atom stereocenters. The fourth-order valence-corrected chi connectivity index (χ4v) is 3.92. The lowest BCUT2D eigenvalue weighted by molar-refractivity contribution is -0.137. The summed E-state index contributed by atoms with van der Waals surface area (Å²) in [5.74, 6) is -0.941. The van der Waals surface area contributed by atoms with E-state index in [-0.39, 0.29) is 17.7 Å². The Kier molecular flexibility index (Phi) is 6.33. The highest BCUT2D eigenvalue weighted by atomic mass is 32.2. The zero-order valence-corrected chi connectivity index (χ0v) is 15.2. The summed E-state index contributed by atoms with van der Waals surface area (Å²) in [7, 11) is -3.71. The molecule has 6 heteroatoms. The van der Waals surface area contributed by atoms with Crippen molar-refractivity contribution in [1.29, 1.82) is 0 Å². The number of hydrogen-bond donors (Lipinski definition) is 2. The van der Waals surface area contributed by atoms with E-state index in [4.69, 9.17) is 5.11 Å². The SMILES string of the molecule is Cc1ccc(S(=O)(=O)NC(CCC(=O)O)Cc2ccccc2)cc1C. The third-order valence-corrected chi connectivity index (χ3v) is 5.66. The van der Waals surface area contributed by atoms with E-state index < -0.39 is 22.0 Å². The highest BCUT2D eigenvalue weighted by Crippen LogP contribution is 2.17. The molecule has 0 aliphatic heterocycles. The second-order valence-corrected chi connectivity index (χ2v) is 7.90. The molecule has 2 aromatic carbocycles. The maximum Gasteiger partial charge on any atom is 0.303 e. The van der Waals surface area contributed by atoms with Crippen LogP contribution in [0.5, 0.6) is 0 Å². The Bertz CT molecular complexity index is 832. The number of rotatable bonds is 8. The molecule has 0 amide bonds. The first-order chi connectivity index (χ1) is 11.8. The summed E-state index contributed by atoms with van der Waals surface area (Å²) in [5, 5.41) is 8.93. The minimum Gasteiger partial charge on any atom is -0.481 e. The molecule has 2 rings (SSSR count). The zero-order chi connectivity index (χ0) is 18.4. The van der Waals surface area contributed by atoms with E-state index in [1.54, 1.807) is 18.2 Å². The van der Waals surface area contributed by atoms with E-state index in [2.05, 4.69) is 4.72 Å². The van der Waals surface area contributed by atoms with Gasteiger partial charge < -0.3 is 5.11 Å². The Morgan fingerprint density at radius 1 is 1.08 bits per heavy atom. The van der Waals surface area contributed by atoms with Gasteiger partial charge in [-0.1, -0.05) is 36.4 Å². The van der Waals surface area contributed by atoms with E-state index in [9.17, 15) is 13.2 Å². The molecule has 1 unspecified atom stereocenters. The first-order valence-corrected chi connectivity index (χ1v) is 9.61. The number of aliphatic carboxylic acids is 1. The number of hydrogen-bond acceptors (Lipinski definition) is 3. The second kappa shape index (κ2) is 8.27. The molecule has 0 heterocycles. The summed E-state index contributed by atoms with van der Waals surface area (Å²) in [6.07, 6.45) is 0.583. The van der Waals surface area contributed by atoms with Crippen LogP contribution in [0.2, 0.25) is 0 Å². The molecule has 0 saturated heterocycles. The standard InChI is InChI=1S/C19H23NO4S/c1-14-8-10-18(12-15(14)2)25(23,24)20-17(9-11-19(21)22)13-16-6-4-3-5-7-16/h3-8,10,12,17,20H,9,11,13H2,1-2H3,(H,21,22). The van der Waals surface area contributed by atoms with Crippen molar-refractivity contribution in [2.75, 3.05) is 0 Å². The predicted molar refractivity (Wildman–Crippen MR) is 97.0 cm³/mol. The molecule has 0 aromatic heterocycles. The lowest BCUT2D eigenvalue weighted by atomic mass is 10.0. The number of aryl methyl sites for hydroxylation is 2. The van der Waals surface area contributed by atoms with Crippen molar-refractivity contribution >= 4 is 16.0 Å². The average molecular weight is 361 g/mol. The lowest BCUT2D eigenvalue weighted by Crippen LogP contribution is -2.37. The van der Waals surface area contributed by atoms with Gasteiger partial charge in [0.25, 0.3) is 0 Å². The summed E-state index contributed by atoms with van der Waals surface area (Å²) in [6, 6.07) is 13.9. The Hall–Kier alpha value is -2.18. The van der Waals surface area contributed by atoms with E-state index >= 15 is 0 Å². The van der Waals surface area contributed by atoms with Gasteiger partial charge in [-0.2, -0.15) is 0 Å². The van der Waals surface area contributed by atoms with Crippen molar-refractivity contribution in [2.45, 2.75) is 44.0 Å². The minimum absolute atomic E-state index is 0.0903. The van der Waals surface area contributed by atoms with Gasteiger partial charge in [-0.3, -0.25) is 4.79 Å². The van der Waals surface area contributed by atoms with E-state index in [0.29, 0.717) is 6.42 Å². The highest BCUT2D eigenvalue weighted by Gasteiger charge is 2.21. The van der Waals surface area contributed by atoms with Crippen molar-refractivity contribution in [1.82, 2.24) is 4.72 Å². The van der Waals surface area contributed by atoms with Crippen molar-refractivity contribution in [3.8, 4) is 0 Å². The van der Waals surface area contributed by atoms with Gasteiger partial charge in [0.2, 0.25) is 10.0 Å². The fourth-order valence-electron chi connectivity index (χ4n) is 2.57. The third kappa shape index (κ3) is 5.69.